The summed E-state index contributed by atoms with van der Waals surface area (Å²) in [4.78, 5) is 25.2. The van der Waals surface area contributed by atoms with Gasteiger partial charge in [-0.25, -0.2) is 9.18 Å². The molecule has 0 fully saturated rings. The Bertz CT molecular complexity index is 1020. The van der Waals surface area contributed by atoms with Gasteiger partial charge >= 0.3 is 5.69 Å². The molecule has 0 N–H and O–H groups in total. The van der Waals surface area contributed by atoms with Crippen LogP contribution in [-0.2, 0) is 13.1 Å². The smallest absolute Gasteiger partial charge is 0.331 e. The largest absolute Gasteiger partial charge is 0.497 e. The molecule has 0 unspecified atom stereocenters. The average Bonchev–Trinajstić information content (AvgIpc) is 2.65. The summed E-state index contributed by atoms with van der Waals surface area (Å²) < 4.78 is 21.3. The molecule has 0 aliphatic heterocycles. The topological polar surface area (TPSA) is 53.2 Å². The summed E-state index contributed by atoms with van der Waals surface area (Å²) in [6.45, 7) is 0.430. The van der Waals surface area contributed by atoms with E-state index in [0.717, 1.165) is 11.3 Å². The van der Waals surface area contributed by atoms with Crippen LogP contribution in [0.5, 0.6) is 5.75 Å². The quantitative estimate of drug-likeness (QED) is 0.544. The number of hydrogen-bond donors (Lipinski definition) is 0. The molecule has 0 spiro atoms. The number of hydrogen-bond acceptors (Lipinski definition) is 3. The van der Waals surface area contributed by atoms with Gasteiger partial charge in [-0.1, -0.05) is 24.3 Å². The number of rotatable bonds is 5. The van der Waals surface area contributed by atoms with Crippen molar-refractivity contribution < 1.29 is 9.13 Å². The summed E-state index contributed by atoms with van der Waals surface area (Å²) in [5, 5.41) is 0. The van der Waals surface area contributed by atoms with Crippen molar-refractivity contribution in [3.05, 3.63) is 96.1 Å². The molecule has 1 aromatic heterocycles. The highest BCUT2D eigenvalue weighted by atomic mass is 127. The van der Waals surface area contributed by atoms with Crippen LogP contribution in [0.25, 0.3) is 0 Å². The predicted octanol–water partition coefficient (Wildman–Crippen LogP) is 2.86. The van der Waals surface area contributed by atoms with Crippen molar-refractivity contribution >= 4 is 22.6 Å². The van der Waals surface area contributed by atoms with Gasteiger partial charge in [0, 0.05) is 6.20 Å². The van der Waals surface area contributed by atoms with E-state index in [1.54, 1.807) is 25.4 Å². The molecule has 0 amide bonds. The summed E-state index contributed by atoms with van der Waals surface area (Å²) in [5.41, 5.74) is 0.834. The van der Waals surface area contributed by atoms with Crippen LogP contribution in [-0.4, -0.2) is 16.2 Å². The highest BCUT2D eigenvalue weighted by molar-refractivity contribution is 14.1. The Labute approximate surface area is 162 Å². The molecular formula is C19H16FIN2O3. The standard InChI is InChI=1S/C19H16FIN2O3/c1-26-16-8-4-13(5-9-16)10-22-12-17(21)18(24)23(19(22)25)11-14-2-6-15(20)7-3-14/h2-9,12H,10-11H2,1H3. The van der Waals surface area contributed by atoms with Gasteiger partial charge in [-0.05, 0) is 58.0 Å². The number of methoxy groups -OCH3 is 1. The summed E-state index contributed by atoms with van der Waals surface area (Å²) in [6.07, 6.45) is 1.55. The molecule has 5 nitrogen and oxygen atoms in total. The van der Waals surface area contributed by atoms with Crippen molar-refractivity contribution in [2.45, 2.75) is 13.1 Å². The third kappa shape index (κ3) is 4.04. The van der Waals surface area contributed by atoms with Crippen LogP contribution in [0, 0.1) is 9.39 Å². The fourth-order valence-corrected chi connectivity index (χ4v) is 3.20. The molecule has 3 rings (SSSR count). The minimum Gasteiger partial charge on any atom is -0.497 e. The Kier molecular flexibility index (Phi) is 5.55. The Hall–Kier alpha value is -2.42. The van der Waals surface area contributed by atoms with Gasteiger partial charge in [-0.15, -0.1) is 0 Å². The van der Waals surface area contributed by atoms with Gasteiger partial charge in [-0.3, -0.25) is 13.9 Å². The zero-order chi connectivity index (χ0) is 18.7. The van der Waals surface area contributed by atoms with Crippen molar-refractivity contribution in [3.63, 3.8) is 0 Å². The SMILES string of the molecule is COc1ccc(Cn2cc(I)c(=O)n(Cc3ccc(F)cc3)c2=O)cc1. The first-order chi connectivity index (χ1) is 12.5. The normalized spacial score (nSPS) is 10.7. The molecule has 7 heteroatoms. The first-order valence-electron chi connectivity index (χ1n) is 7.85. The van der Waals surface area contributed by atoms with Crippen LogP contribution in [0.1, 0.15) is 11.1 Å². The summed E-state index contributed by atoms with van der Waals surface area (Å²) in [5.74, 6) is 0.373. The average molecular weight is 466 g/mol. The third-order valence-corrected chi connectivity index (χ3v) is 4.70. The van der Waals surface area contributed by atoms with Crippen LogP contribution >= 0.6 is 22.6 Å². The molecule has 134 valence electrons. The van der Waals surface area contributed by atoms with Gasteiger partial charge in [0.15, 0.2) is 0 Å². The van der Waals surface area contributed by atoms with Crippen molar-refractivity contribution in [2.75, 3.05) is 7.11 Å². The van der Waals surface area contributed by atoms with E-state index in [2.05, 4.69) is 0 Å². The van der Waals surface area contributed by atoms with Crippen LogP contribution in [0.2, 0.25) is 0 Å². The summed E-state index contributed by atoms with van der Waals surface area (Å²) >= 11 is 1.92. The van der Waals surface area contributed by atoms with E-state index >= 15 is 0 Å². The predicted molar refractivity (Wildman–Crippen MR) is 105 cm³/mol. The molecule has 0 bridgehead atoms. The van der Waals surface area contributed by atoms with E-state index in [9.17, 15) is 14.0 Å². The summed E-state index contributed by atoms with van der Waals surface area (Å²) in [7, 11) is 1.59. The van der Waals surface area contributed by atoms with E-state index in [-0.39, 0.29) is 17.9 Å². The Morgan fingerprint density at radius 3 is 2.15 bits per heavy atom. The fourth-order valence-electron chi connectivity index (χ4n) is 2.57. The molecule has 0 saturated heterocycles. The lowest BCUT2D eigenvalue weighted by Gasteiger charge is -2.12. The van der Waals surface area contributed by atoms with Gasteiger partial charge in [0.2, 0.25) is 0 Å². The van der Waals surface area contributed by atoms with E-state index in [4.69, 9.17) is 4.74 Å². The Morgan fingerprint density at radius 2 is 1.54 bits per heavy atom. The van der Waals surface area contributed by atoms with Gasteiger partial charge in [-0.2, -0.15) is 0 Å². The second-order valence-electron chi connectivity index (χ2n) is 5.75. The lowest BCUT2D eigenvalue weighted by Crippen LogP contribution is -2.41. The molecule has 2 aromatic carbocycles. The minimum atomic E-state index is -0.407. The molecule has 0 atom stereocenters. The van der Waals surface area contributed by atoms with Crippen molar-refractivity contribution in [1.29, 1.82) is 0 Å². The monoisotopic (exact) mass is 466 g/mol. The van der Waals surface area contributed by atoms with E-state index in [1.165, 1.54) is 21.3 Å². The number of halogens is 2. The second kappa shape index (κ2) is 7.86. The first-order valence-corrected chi connectivity index (χ1v) is 8.93. The Balaban J connectivity index is 1.96. The first kappa shape index (κ1) is 18.4. The number of ether oxygens (including phenoxy) is 1. The maximum Gasteiger partial charge on any atom is 0.331 e. The molecule has 0 radical (unpaired) electrons. The maximum atomic E-state index is 13.1. The lowest BCUT2D eigenvalue weighted by atomic mass is 10.2. The van der Waals surface area contributed by atoms with E-state index in [1.807, 2.05) is 46.9 Å². The van der Waals surface area contributed by atoms with Crippen LogP contribution in [0.4, 0.5) is 4.39 Å². The van der Waals surface area contributed by atoms with Crippen LogP contribution < -0.4 is 16.0 Å². The molecular weight excluding hydrogens is 450 g/mol. The number of nitrogens with zero attached hydrogens (tertiary/aromatic N) is 2. The van der Waals surface area contributed by atoms with Gasteiger partial charge in [0.1, 0.15) is 11.6 Å². The maximum absolute atomic E-state index is 13.1. The highest BCUT2D eigenvalue weighted by Crippen LogP contribution is 2.12. The van der Waals surface area contributed by atoms with E-state index in [0.29, 0.717) is 15.7 Å². The van der Waals surface area contributed by atoms with Crippen molar-refractivity contribution in [3.8, 4) is 5.75 Å². The number of benzene rings is 2. The molecule has 0 aliphatic rings. The second-order valence-corrected chi connectivity index (χ2v) is 6.92. The minimum absolute atomic E-state index is 0.0946. The van der Waals surface area contributed by atoms with Gasteiger partial charge in [0.25, 0.3) is 5.56 Å². The molecule has 0 aliphatic carbocycles. The zero-order valence-corrected chi connectivity index (χ0v) is 16.1. The van der Waals surface area contributed by atoms with E-state index < -0.39 is 5.69 Å². The van der Waals surface area contributed by atoms with Crippen molar-refractivity contribution in [2.24, 2.45) is 0 Å². The zero-order valence-electron chi connectivity index (χ0n) is 14.0. The van der Waals surface area contributed by atoms with Crippen molar-refractivity contribution in [1.82, 2.24) is 9.13 Å². The van der Waals surface area contributed by atoms with Gasteiger partial charge in [0.05, 0.1) is 23.8 Å². The number of aromatic nitrogens is 2. The summed E-state index contributed by atoms with van der Waals surface area (Å²) in [6, 6.07) is 13.1. The molecule has 0 saturated carbocycles. The van der Waals surface area contributed by atoms with Gasteiger partial charge < -0.3 is 4.74 Å². The molecule has 1 heterocycles. The van der Waals surface area contributed by atoms with Crippen LogP contribution in [0.3, 0.4) is 0 Å². The molecule has 3 aromatic rings. The fraction of sp³-hybridized carbons (Fsp3) is 0.158. The van der Waals surface area contributed by atoms with Crippen LogP contribution in [0.15, 0.2) is 64.3 Å². The third-order valence-electron chi connectivity index (χ3n) is 3.96. The molecule has 26 heavy (non-hydrogen) atoms. The Morgan fingerprint density at radius 1 is 0.962 bits per heavy atom. The lowest BCUT2D eigenvalue weighted by molar-refractivity contribution is 0.414. The highest BCUT2D eigenvalue weighted by Gasteiger charge is 2.11.